The van der Waals surface area contributed by atoms with Gasteiger partial charge in [0, 0.05) is 24.7 Å². The van der Waals surface area contributed by atoms with Crippen LogP contribution in [-0.4, -0.2) is 23.2 Å². The summed E-state index contributed by atoms with van der Waals surface area (Å²) in [5.74, 6) is 0. The SMILES string of the molecule is C1=Cc2ccc3cccnc3c2NC1.CCO. The van der Waals surface area contributed by atoms with Gasteiger partial charge in [-0.05, 0) is 18.6 Å². The lowest BCUT2D eigenvalue weighted by Gasteiger charge is -2.14. The zero-order valence-electron chi connectivity index (χ0n) is 9.85. The van der Waals surface area contributed by atoms with Gasteiger partial charge >= 0.3 is 0 Å². The fraction of sp³-hybridized carbons (Fsp3) is 0.214. The maximum absolute atomic E-state index is 7.57. The van der Waals surface area contributed by atoms with Crippen LogP contribution in [0.25, 0.3) is 17.0 Å². The van der Waals surface area contributed by atoms with Crippen LogP contribution in [0.3, 0.4) is 0 Å². The van der Waals surface area contributed by atoms with Crippen molar-refractivity contribution < 1.29 is 5.11 Å². The number of rotatable bonds is 0. The number of aliphatic hydroxyl groups excluding tert-OH is 1. The molecule has 0 unspecified atom stereocenters. The molecule has 17 heavy (non-hydrogen) atoms. The predicted octanol–water partition coefficient (Wildman–Crippen LogP) is 2.67. The second-order valence-corrected chi connectivity index (χ2v) is 3.70. The van der Waals surface area contributed by atoms with Gasteiger partial charge in [-0.25, -0.2) is 0 Å². The highest BCUT2D eigenvalue weighted by molar-refractivity contribution is 5.95. The van der Waals surface area contributed by atoms with Crippen molar-refractivity contribution in [2.45, 2.75) is 6.92 Å². The minimum atomic E-state index is 0.250. The highest BCUT2D eigenvalue weighted by Crippen LogP contribution is 2.28. The number of nitrogens with zero attached hydrogens (tertiary/aromatic N) is 1. The van der Waals surface area contributed by atoms with Gasteiger partial charge in [-0.15, -0.1) is 0 Å². The lowest BCUT2D eigenvalue weighted by atomic mass is 10.1. The molecule has 0 bridgehead atoms. The van der Waals surface area contributed by atoms with E-state index < -0.39 is 0 Å². The maximum atomic E-state index is 7.57. The van der Waals surface area contributed by atoms with E-state index in [1.807, 2.05) is 12.3 Å². The highest BCUT2D eigenvalue weighted by atomic mass is 16.2. The molecule has 1 aromatic heterocycles. The van der Waals surface area contributed by atoms with E-state index in [-0.39, 0.29) is 6.61 Å². The number of fused-ring (bicyclic) bond motifs is 3. The van der Waals surface area contributed by atoms with Crippen molar-refractivity contribution in [2.24, 2.45) is 0 Å². The summed E-state index contributed by atoms with van der Waals surface area (Å²) in [5.41, 5.74) is 3.45. The van der Waals surface area contributed by atoms with Gasteiger partial charge in [0.2, 0.25) is 0 Å². The van der Waals surface area contributed by atoms with Gasteiger partial charge in [0.15, 0.2) is 0 Å². The van der Waals surface area contributed by atoms with Gasteiger partial charge < -0.3 is 10.4 Å². The van der Waals surface area contributed by atoms with Crippen molar-refractivity contribution in [2.75, 3.05) is 18.5 Å². The monoisotopic (exact) mass is 228 g/mol. The number of aromatic nitrogens is 1. The molecule has 0 saturated heterocycles. The molecule has 3 nitrogen and oxygen atoms in total. The minimum Gasteiger partial charge on any atom is -0.397 e. The molecule has 0 saturated carbocycles. The summed E-state index contributed by atoms with van der Waals surface area (Å²) in [6.07, 6.45) is 6.10. The highest BCUT2D eigenvalue weighted by Gasteiger charge is 2.07. The van der Waals surface area contributed by atoms with Gasteiger partial charge in [0.1, 0.15) is 0 Å². The van der Waals surface area contributed by atoms with Crippen LogP contribution in [0.5, 0.6) is 0 Å². The molecule has 1 aliphatic heterocycles. The smallest absolute Gasteiger partial charge is 0.0939 e. The van der Waals surface area contributed by atoms with E-state index in [0.717, 1.165) is 17.7 Å². The van der Waals surface area contributed by atoms with E-state index in [1.54, 1.807) is 6.92 Å². The van der Waals surface area contributed by atoms with Crippen LogP contribution in [0.4, 0.5) is 5.69 Å². The standard InChI is InChI=1S/C12H10N2.C2H6O/c1-3-9-5-6-10-4-2-8-14-12(10)11(9)13-7-1;1-2-3/h1-7,14H,8H2;3H,2H2,1H3. The number of hydrogen-bond acceptors (Lipinski definition) is 3. The second-order valence-electron chi connectivity index (χ2n) is 3.70. The average molecular weight is 228 g/mol. The Balaban J connectivity index is 0.000000329. The molecule has 1 aliphatic rings. The van der Waals surface area contributed by atoms with Crippen LogP contribution in [0, 0.1) is 0 Å². The third kappa shape index (κ3) is 2.45. The molecule has 2 aromatic rings. The molecular formula is C14H16N2O. The Morgan fingerprint density at radius 3 is 3.00 bits per heavy atom. The summed E-state index contributed by atoms with van der Waals surface area (Å²) in [6, 6.07) is 8.29. The fourth-order valence-corrected chi connectivity index (χ4v) is 1.83. The molecule has 0 radical (unpaired) electrons. The zero-order valence-corrected chi connectivity index (χ0v) is 9.85. The lowest BCUT2D eigenvalue weighted by Crippen LogP contribution is -2.05. The molecule has 1 aromatic carbocycles. The normalized spacial score (nSPS) is 12.4. The average Bonchev–Trinajstić information content (AvgIpc) is 2.40. The summed E-state index contributed by atoms with van der Waals surface area (Å²) in [6.45, 7) is 2.82. The third-order valence-electron chi connectivity index (χ3n) is 2.50. The van der Waals surface area contributed by atoms with E-state index in [0.29, 0.717) is 0 Å². The Labute approximate surface area is 101 Å². The van der Waals surface area contributed by atoms with Crippen LogP contribution in [-0.2, 0) is 0 Å². The molecule has 0 amide bonds. The molecule has 3 heteroatoms. The van der Waals surface area contributed by atoms with Crippen molar-refractivity contribution in [3.63, 3.8) is 0 Å². The number of benzene rings is 1. The predicted molar refractivity (Wildman–Crippen MR) is 72.0 cm³/mol. The Hall–Kier alpha value is -1.87. The van der Waals surface area contributed by atoms with Crippen molar-refractivity contribution in [1.82, 2.24) is 4.98 Å². The Morgan fingerprint density at radius 2 is 2.18 bits per heavy atom. The second kappa shape index (κ2) is 5.46. The van der Waals surface area contributed by atoms with Crippen LogP contribution in [0.2, 0.25) is 0 Å². The van der Waals surface area contributed by atoms with Crippen molar-refractivity contribution in [3.8, 4) is 0 Å². The van der Waals surface area contributed by atoms with Crippen LogP contribution >= 0.6 is 0 Å². The largest absolute Gasteiger partial charge is 0.397 e. The quantitative estimate of drug-likeness (QED) is 0.728. The maximum Gasteiger partial charge on any atom is 0.0939 e. The first kappa shape index (κ1) is 11.6. The first-order valence-corrected chi connectivity index (χ1v) is 5.75. The van der Waals surface area contributed by atoms with E-state index in [1.165, 1.54) is 10.9 Å². The van der Waals surface area contributed by atoms with Crippen molar-refractivity contribution in [1.29, 1.82) is 0 Å². The Morgan fingerprint density at radius 1 is 1.35 bits per heavy atom. The molecule has 0 aliphatic carbocycles. The molecule has 0 atom stereocenters. The molecule has 88 valence electrons. The first-order valence-electron chi connectivity index (χ1n) is 5.75. The van der Waals surface area contributed by atoms with E-state index in [9.17, 15) is 0 Å². The number of hydrogen-bond donors (Lipinski definition) is 2. The van der Waals surface area contributed by atoms with Crippen LogP contribution < -0.4 is 5.32 Å². The molecule has 2 heterocycles. The lowest BCUT2D eigenvalue weighted by molar-refractivity contribution is 0.318. The summed E-state index contributed by atoms with van der Waals surface area (Å²) in [5, 5.41) is 12.1. The molecule has 2 N–H and O–H groups in total. The number of aliphatic hydroxyl groups is 1. The number of pyridine rings is 1. The minimum absolute atomic E-state index is 0.250. The Bertz CT molecular complexity index is 535. The molecular weight excluding hydrogens is 212 g/mol. The van der Waals surface area contributed by atoms with Crippen LogP contribution in [0.15, 0.2) is 36.5 Å². The summed E-state index contributed by atoms with van der Waals surface area (Å²) < 4.78 is 0. The molecule has 3 rings (SSSR count). The van der Waals surface area contributed by atoms with Crippen LogP contribution in [0.1, 0.15) is 12.5 Å². The fourth-order valence-electron chi connectivity index (χ4n) is 1.83. The van der Waals surface area contributed by atoms with Gasteiger partial charge in [-0.2, -0.15) is 0 Å². The van der Waals surface area contributed by atoms with Gasteiger partial charge in [-0.3, -0.25) is 4.98 Å². The molecule has 0 spiro atoms. The van der Waals surface area contributed by atoms with E-state index in [4.69, 9.17) is 5.11 Å². The topological polar surface area (TPSA) is 45.2 Å². The van der Waals surface area contributed by atoms with Crippen molar-refractivity contribution in [3.05, 3.63) is 42.1 Å². The number of nitrogens with one attached hydrogen (secondary N) is 1. The van der Waals surface area contributed by atoms with Crippen molar-refractivity contribution >= 4 is 22.7 Å². The third-order valence-corrected chi connectivity index (χ3v) is 2.50. The summed E-state index contributed by atoms with van der Waals surface area (Å²) in [7, 11) is 0. The van der Waals surface area contributed by atoms with Gasteiger partial charge in [-0.1, -0.05) is 30.4 Å². The first-order chi connectivity index (χ1) is 8.36. The van der Waals surface area contributed by atoms with Gasteiger partial charge in [0.05, 0.1) is 11.2 Å². The van der Waals surface area contributed by atoms with E-state index >= 15 is 0 Å². The molecule has 0 fully saturated rings. The Kier molecular flexibility index (Phi) is 3.73. The summed E-state index contributed by atoms with van der Waals surface area (Å²) in [4.78, 5) is 4.40. The zero-order chi connectivity index (χ0) is 12.1. The van der Waals surface area contributed by atoms with E-state index in [2.05, 4.69) is 40.7 Å². The number of anilines is 1. The van der Waals surface area contributed by atoms with Gasteiger partial charge in [0.25, 0.3) is 0 Å². The summed E-state index contributed by atoms with van der Waals surface area (Å²) >= 11 is 0.